The van der Waals surface area contributed by atoms with Crippen molar-refractivity contribution in [3.63, 3.8) is 0 Å². The lowest BCUT2D eigenvalue weighted by Gasteiger charge is -2.25. The summed E-state index contributed by atoms with van der Waals surface area (Å²) in [5, 5.41) is 18.2. The highest BCUT2D eigenvalue weighted by Crippen LogP contribution is 2.00. The molecule has 0 saturated heterocycles. The summed E-state index contributed by atoms with van der Waals surface area (Å²) < 4.78 is 19.7. The minimum Gasteiger partial charge on any atom is -0.480 e. The standard InChI is InChI=1S/C22H32N2O12/c1-5-19(29)35-15(3)13-33-21(31)11-23(9-17(25)26)7-8-24(10-18(27)28)12-22(32)34-14-16(4)36-20(30)6-2/h5-6,15-16H,1-2,7-14H2,3-4H3,(H,25,26)(H,27,28). The summed E-state index contributed by atoms with van der Waals surface area (Å²) >= 11 is 0. The first-order valence-electron chi connectivity index (χ1n) is 10.7. The first-order valence-corrected chi connectivity index (χ1v) is 10.7. The van der Waals surface area contributed by atoms with Crippen LogP contribution < -0.4 is 0 Å². The van der Waals surface area contributed by atoms with E-state index < -0.39 is 74.2 Å². The molecular formula is C22H32N2O12. The van der Waals surface area contributed by atoms with E-state index in [-0.39, 0.29) is 26.3 Å². The third kappa shape index (κ3) is 16.8. The average Bonchev–Trinajstić information content (AvgIpc) is 2.78. The molecule has 2 unspecified atom stereocenters. The minimum atomic E-state index is -1.25. The highest BCUT2D eigenvalue weighted by molar-refractivity contribution is 5.81. The number of carboxylic acid groups (broad SMARTS) is 2. The number of carbonyl (C=O) groups excluding carboxylic acids is 4. The van der Waals surface area contributed by atoms with Gasteiger partial charge in [0.25, 0.3) is 0 Å². The van der Waals surface area contributed by atoms with Crippen molar-refractivity contribution in [1.29, 1.82) is 0 Å². The zero-order valence-corrected chi connectivity index (χ0v) is 20.3. The summed E-state index contributed by atoms with van der Waals surface area (Å²) in [4.78, 5) is 71.2. The van der Waals surface area contributed by atoms with Gasteiger partial charge in [-0.1, -0.05) is 13.2 Å². The van der Waals surface area contributed by atoms with Crippen molar-refractivity contribution in [3.8, 4) is 0 Å². The van der Waals surface area contributed by atoms with Crippen LogP contribution in [0.15, 0.2) is 25.3 Å². The van der Waals surface area contributed by atoms with E-state index in [1.54, 1.807) is 0 Å². The molecule has 0 spiro atoms. The molecule has 0 saturated carbocycles. The van der Waals surface area contributed by atoms with Crippen molar-refractivity contribution in [3.05, 3.63) is 25.3 Å². The summed E-state index contributed by atoms with van der Waals surface area (Å²) in [5.74, 6) is -5.49. The molecule has 2 N–H and O–H groups in total. The van der Waals surface area contributed by atoms with Crippen LogP contribution in [0, 0.1) is 0 Å². The summed E-state index contributed by atoms with van der Waals surface area (Å²) in [6.07, 6.45) is 0.382. The molecule has 14 heteroatoms. The summed E-state index contributed by atoms with van der Waals surface area (Å²) in [7, 11) is 0. The van der Waals surface area contributed by atoms with Gasteiger partial charge in [0.15, 0.2) is 0 Å². The molecule has 0 heterocycles. The molecule has 2 atom stereocenters. The quantitative estimate of drug-likeness (QED) is 0.122. The van der Waals surface area contributed by atoms with Gasteiger partial charge in [-0.15, -0.1) is 0 Å². The lowest BCUT2D eigenvalue weighted by atomic mass is 10.3. The van der Waals surface area contributed by atoms with Crippen LogP contribution in [0.3, 0.4) is 0 Å². The Kier molecular flexibility index (Phi) is 15.8. The molecule has 0 aliphatic heterocycles. The molecule has 202 valence electrons. The average molecular weight is 517 g/mol. The normalized spacial score (nSPS) is 12.2. The second-order valence-electron chi connectivity index (χ2n) is 7.48. The van der Waals surface area contributed by atoms with Gasteiger partial charge in [-0.2, -0.15) is 0 Å². The number of carboxylic acids is 2. The Labute approximate surface area is 208 Å². The molecule has 0 amide bonds. The van der Waals surface area contributed by atoms with Gasteiger partial charge in [0, 0.05) is 25.2 Å². The lowest BCUT2D eigenvalue weighted by Crippen LogP contribution is -2.44. The van der Waals surface area contributed by atoms with E-state index in [9.17, 15) is 28.8 Å². The minimum absolute atomic E-state index is 0.101. The van der Waals surface area contributed by atoms with Gasteiger partial charge in [0.2, 0.25) is 0 Å². The zero-order chi connectivity index (χ0) is 27.7. The molecule has 0 aromatic carbocycles. The third-order valence-electron chi connectivity index (χ3n) is 4.08. The van der Waals surface area contributed by atoms with Crippen LogP contribution >= 0.6 is 0 Å². The van der Waals surface area contributed by atoms with Crippen LogP contribution in [0.2, 0.25) is 0 Å². The van der Waals surface area contributed by atoms with Gasteiger partial charge in [0.1, 0.15) is 25.4 Å². The predicted octanol–water partition coefficient (Wildman–Crippen LogP) is -0.919. The lowest BCUT2D eigenvalue weighted by molar-refractivity contribution is -0.156. The highest BCUT2D eigenvalue weighted by Gasteiger charge is 2.21. The Morgan fingerprint density at radius 3 is 1.31 bits per heavy atom. The van der Waals surface area contributed by atoms with Crippen molar-refractivity contribution in [1.82, 2.24) is 9.80 Å². The third-order valence-corrected chi connectivity index (χ3v) is 4.08. The van der Waals surface area contributed by atoms with Gasteiger partial charge < -0.3 is 29.2 Å². The molecule has 0 radical (unpaired) electrons. The Hall–Kier alpha value is -3.78. The Bertz CT molecular complexity index is 747. The summed E-state index contributed by atoms with van der Waals surface area (Å²) in [6.45, 7) is 6.69. The van der Waals surface area contributed by atoms with E-state index >= 15 is 0 Å². The van der Waals surface area contributed by atoms with Gasteiger partial charge in [-0.05, 0) is 13.8 Å². The largest absolute Gasteiger partial charge is 0.480 e. The number of hydrogen-bond donors (Lipinski definition) is 2. The van der Waals surface area contributed by atoms with E-state index in [0.717, 1.165) is 12.2 Å². The van der Waals surface area contributed by atoms with Crippen molar-refractivity contribution < 1.29 is 57.9 Å². The smallest absolute Gasteiger partial charge is 0.330 e. The highest BCUT2D eigenvalue weighted by atomic mass is 16.6. The molecular weight excluding hydrogens is 484 g/mol. The fourth-order valence-corrected chi connectivity index (χ4v) is 2.53. The molecule has 0 aromatic rings. The second-order valence-corrected chi connectivity index (χ2v) is 7.48. The zero-order valence-electron chi connectivity index (χ0n) is 20.3. The van der Waals surface area contributed by atoms with E-state index in [4.69, 9.17) is 29.2 Å². The monoisotopic (exact) mass is 516 g/mol. The van der Waals surface area contributed by atoms with Crippen LogP contribution in [0.4, 0.5) is 0 Å². The Balaban J connectivity index is 4.87. The van der Waals surface area contributed by atoms with Crippen LogP contribution in [-0.4, -0.2) is 121 Å². The number of aliphatic carboxylic acids is 2. The summed E-state index contributed by atoms with van der Waals surface area (Å²) in [5.41, 5.74) is 0. The first-order chi connectivity index (χ1) is 16.9. The SMILES string of the molecule is C=CC(=O)OC(C)COC(=O)CN(CCN(CC(=O)O)CC(=O)OCC(C)OC(=O)C=C)CC(=O)O. The van der Waals surface area contributed by atoms with E-state index in [0.29, 0.717) is 0 Å². The number of rotatable bonds is 19. The fraction of sp³-hybridized carbons (Fsp3) is 0.545. The first kappa shape index (κ1) is 32.2. The van der Waals surface area contributed by atoms with Crippen molar-refractivity contribution in [2.24, 2.45) is 0 Å². The van der Waals surface area contributed by atoms with Crippen LogP contribution in [0.25, 0.3) is 0 Å². The molecule has 0 fully saturated rings. The molecule has 0 bridgehead atoms. The molecule has 14 nitrogen and oxygen atoms in total. The second kappa shape index (κ2) is 17.6. The van der Waals surface area contributed by atoms with Crippen molar-refractivity contribution in [2.75, 3.05) is 52.5 Å². The topological polar surface area (TPSA) is 186 Å². The van der Waals surface area contributed by atoms with E-state index in [1.807, 2.05) is 0 Å². The van der Waals surface area contributed by atoms with Gasteiger partial charge in [-0.25, -0.2) is 9.59 Å². The maximum absolute atomic E-state index is 12.1. The van der Waals surface area contributed by atoms with Gasteiger partial charge >= 0.3 is 35.8 Å². The number of nitrogens with zero attached hydrogens (tertiary/aromatic N) is 2. The van der Waals surface area contributed by atoms with Crippen LogP contribution in [0.5, 0.6) is 0 Å². The van der Waals surface area contributed by atoms with E-state index in [1.165, 1.54) is 23.6 Å². The van der Waals surface area contributed by atoms with Crippen LogP contribution in [0.1, 0.15) is 13.8 Å². The Morgan fingerprint density at radius 1 is 0.694 bits per heavy atom. The Morgan fingerprint density at radius 2 is 1.03 bits per heavy atom. The van der Waals surface area contributed by atoms with Crippen LogP contribution in [-0.2, 0) is 47.7 Å². The number of carbonyl (C=O) groups is 6. The molecule has 0 rings (SSSR count). The maximum atomic E-state index is 12.1. The molecule has 0 aliphatic rings. The fourth-order valence-electron chi connectivity index (χ4n) is 2.53. The number of ether oxygens (including phenoxy) is 4. The number of esters is 4. The van der Waals surface area contributed by atoms with Gasteiger partial charge in [0.05, 0.1) is 26.2 Å². The molecule has 36 heavy (non-hydrogen) atoms. The van der Waals surface area contributed by atoms with Crippen molar-refractivity contribution >= 4 is 35.8 Å². The predicted molar refractivity (Wildman–Crippen MR) is 122 cm³/mol. The van der Waals surface area contributed by atoms with E-state index in [2.05, 4.69) is 13.2 Å². The molecule has 0 aliphatic carbocycles. The maximum Gasteiger partial charge on any atom is 0.330 e. The number of hydrogen-bond acceptors (Lipinski definition) is 12. The molecule has 0 aromatic heterocycles. The van der Waals surface area contributed by atoms with Gasteiger partial charge in [-0.3, -0.25) is 29.0 Å². The summed E-state index contributed by atoms with van der Waals surface area (Å²) in [6, 6.07) is 0. The van der Waals surface area contributed by atoms with Crippen molar-refractivity contribution in [2.45, 2.75) is 26.1 Å².